The van der Waals surface area contributed by atoms with E-state index in [1.54, 1.807) is 0 Å². The fourth-order valence-corrected chi connectivity index (χ4v) is 2.95. The Kier molecular flexibility index (Phi) is 4.89. The minimum atomic E-state index is 0.0234. The van der Waals surface area contributed by atoms with E-state index in [-0.39, 0.29) is 11.0 Å². The molecule has 124 valence electrons. The first-order valence-electron chi connectivity index (χ1n) is 8.62. The van der Waals surface area contributed by atoms with E-state index in [2.05, 4.69) is 102 Å². The summed E-state index contributed by atoms with van der Waals surface area (Å²) in [6.07, 6.45) is 1.06. The van der Waals surface area contributed by atoms with Gasteiger partial charge in [-0.3, -0.25) is 0 Å². The summed E-state index contributed by atoms with van der Waals surface area (Å²) in [6, 6.07) is 17.9. The Hall–Kier alpha value is -1.76. The molecule has 2 rings (SSSR count). The summed E-state index contributed by atoms with van der Waals surface area (Å²) in [4.78, 5) is 2.43. The van der Waals surface area contributed by atoms with Gasteiger partial charge < -0.3 is 4.90 Å². The SMILES string of the molecule is CCc1cccc(N(c2ccc(C(C)(C)C)cc2)C(C)(C)C)c1. The van der Waals surface area contributed by atoms with Gasteiger partial charge in [-0.05, 0) is 68.0 Å². The van der Waals surface area contributed by atoms with Crippen molar-refractivity contribution in [1.82, 2.24) is 0 Å². The fourth-order valence-electron chi connectivity index (χ4n) is 2.95. The summed E-state index contributed by atoms with van der Waals surface area (Å²) in [5.41, 5.74) is 5.47. The Bertz CT molecular complexity index is 639. The minimum absolute atomic E-state index is 0.0234. The van der Waals surface area contributed by atoms with Crippen LogP contribution in [0.4, 0.5) is 11.4 Å². The number of rotatable bonds is 3. The van der Waals surface area contributed by atoms with Crippen molar-refractivity contribution >= 4 is 11.4 Å². The summed E-state index contributed by atoms with van der Waals surface area (Å²) >= 11 is 0. The molecule has 0 bridgehead atoms. The first-order valence-corrected chi connectivity index (χ1v) is 8.62. The molecule has 0 aliphatic heterocycles. The highest BCUT2D eigenvalue weighted by molar-refractivity contribution is 5.66. The van der Waals surface area contributed by atoms with Gasteiger partial charge >= 0.3 is 0 Å². The van der Waals surface area contributed by atoms with Gasteiger partial charge in [0.15, 0.2) is 0 Å². The molecule has 0 saturated heterocycles. The summed E-state index contributed by atoms with van der Waals surface area (Å²) in [7, 11) is 0. The van der Waals surface area contributed by atoms with Crippen LogP contribution in [0, 0.1) is 0 Å². The molecule has 0 aliphatic rings. The van der Waals surface area contributed by atoms with Crippen molar-refractivity contribution in [2.24, 2.45) is 0 Å². The Morgan fingerprint density at radius 1 is 0.783 bits per heavy atom. The van der Waals surface area contributed by atoms with Gasteiger partial charge in [0.05, 0.1) is 0 Å². The molecule has 2 aromatic rings. The second-order valence-electron chi connectivity index (χ2n) is 8.33. The molecule has 0 N–H and O–H groups in total. The Morgan fingerprint density at radius 3 is 1.87 bits per heavy atom. The molecule has 2 aromatic carbocycles. The summed E-state index contributed by atoms with van der Waals surface area (Å²) in [5.74, 6) is 0. The number of hydrogen-bond donors (Lipinski definition) is 0. The van der Waals surface area contributed by atoms with Gasteiger partial charge in [0.1, 0.15) is 0 Å². The third kappa shape index (κ3) is 4.16. The van der Waals surface area contributed by atoms with Crippen LogP contribution in [0.25, 0.3) is 0 Å². The highest BCUT2D eigenvalue weighted by Crippen LogP contribution is 2.35. The predicted molar refractivity (Wildman–Crippen MR) is 103 cm³/mol. The average molecular weight is 309 g/mol. The van der Waals surface area contributed by atoms with E-state index in [0.717, 1.165) is 6.42 Å². The highest BCUT2D eigenvalue weighted by Gasteiger charge is 2.24. The van der Waals surface area contributed by atoms with E-state index in [0.29, 0.717) is 0 Å². The van der Waals surface area contributed by atoms with Gasteiger partial charge in [-0.15, -0.1) is 0 Å². The van der Waals surface area contributed by atoms with Crippen LogP contribution < -0.4 is 4.90 Å². The van der Waals surface area contributed by atoms with E-state index in [1.807, 2.05) is 0 Å². The van der Waals surface area contributed by atoms with Crippen LogP contribution in [0.15, 0.2) is 48.5 Å². The quantitative estimate of drug-likeness (QED) is 0.627. The molecule has 0 radical (unpaired) electrons. The monoisotopic (exact) mass is 309 g/mol. The molecule has 1 nitrogen and oxygen atoms in total. The van der Waals surface area contributed by atoms with Gasteiger partial charge in [-0.2, -0.15) is 0 Å². The molecule has 0 aromatic heterocycles. The Labute approximate surface area is 142 Å². The lowest BCUT2D eigenvalue weighted by Gasteiger charge is -2.38. The molecule has 0 atom stereocenters. The zero-order chi connectivity index (χ0) is 17.3. The van der Waals surface area contributed by atoms with Crippen molar-refractivity contribution in [2.45, 2.75) is 65.8 Å². The zero-order valence-corrected chi connectivity index (χ0v) is 15.8. The lowest BCUT2D eigenvalue weighted by molar-refractivity contribution is 0.559. The topological polar surface area (TPSA) is 3.24 Å². The second kappa shape index (κ2) is 6.39. The van der Waals surface area contributed by atoms with Gasteiger partial charge in [0.25, 0.3) is 0 Å². The molecular formula is C22H31N. The van der Waals surface area contributed by atoms with Crippen molar-refractivity contribution in [3.05, 3.63) is 59.7 Å². The van der Waals surface area contributed by atoms with Gasteiger partial charge in [-0.1, -0.05) is 52.0 Å². The first-order chi connectivity index (χ1) is 10.6. The number of anilines is 2. The van der Waals surface area contributed by atoms with Crippen LogP contribution in [0.5, 0.6) is 0 Å². The first kappa shape index (κ1) is 17.6. The average Bonchev–Trinajstić information content (AvgIpc) is 2.46. The number of aryl methyl sites for hydroxylation is 1. The van der Waals surface area contributed by atoms with E-state index in [9.17, 15) is 0 Å². The van der Waals surface area contributed by atoms with E-state index >= 15 is 0 Å². The van der Waals surface area contributed by atoms with Crippen molar-refractivity contribution in [2.75, 3.05) is 4.90 Å². The van der Waals surface area contributed by atoms with Crippen LogP contribution in [0.2, 0.25) is 0 Å². The maximum absolute atomic E-state index is 2.43. The summed E-state index contributed by atoms with van der Waals surface area (Å²) < 4.78 is 0. The molecule has 0 fully saturated rings. The van der Waals surface area contributed by atoms with Crippen LogP contribution in [0.1, 0.15) is 59.6 Å². The van der Waals surface area contributed by atoms with Crippen molar-refractivity contribution in [3.8, 4) is 0 Å². The number of nitrogens with zero attached hydrogens (tertiary/aromatic N) is 1. The van der Waals surface area contributed by atoms with Crippen molar-refractivity contribution in [3.63, 3.8) is 0 Å². The van der Waals surface area contributed by atoms with Crippen molar-refractivity contribution in [1.29, 1.82) is 0 Å². The standard InChI is InChI=1S/C22H31N/c1-8-17-10-9-11-20(16-17)23(22(5,6)7)19-14-12-18(13-15-19)21(2,3)4/h9-16H,8H2,1-7H3. The molecule has 0 aliphatic carbocycles. The molecule has 0 saturated carbocycles. The molecule has 23 heavy (non-hydrogen) atoms. The van der Waals surface area contributed by atoms with Crippen LogP contribution in [-0.2, 0) is 11.8 Å². The van der Waals surface area contributed by atoms with Gasteiger partial charge in [0, 0.05) is 16.9 Å². The Balaban J connectivity index is 2.47. The highest BCUT2D eigenvalue weighted by atomic mass is 15.2. The van der Waals surface area contributed by atoms with Crippen molar-refractivity contribution < 1.29 is 0 Å². The molecule has 0 heterocycles. The van der Waals surface area contributed by atoms with E-state index < -0.39 is 0 Å². The maximum atomic E-state index is 2.43. The third-order valence-corrected chi connectivity index (χ3v) is 4.24. The van der Waals surface area contributed by atoms with Crippen LogP contribution >= 0.6 is 0 Å². The number of benzene rings is 2. The van der Waals surface area contributed by atoms with E-state index in [4.69, 9.17) is 0 Å². The molecule has 0 amide bonds. The molecule has 0 unspecified atom stereocenters. The lowest BCUT2D eigenvalue weighted by atomic mass is 9.87. The fraction of sp³-hybridized carbons (Fsp3) is 0.455. The van der Waals surface area contributed by atoms with Gasteiger partial charge in [-0.25, -0.2) is 0 Å². The molecular weight excluding hydrogens is 278 g/mol. The predicted octanol–water partition coefficient (Wildman–Crippen LogP) is 6.48. The maximum Gasteiger partial charge on any atom is 0.0418 e. The largest absolute Gasteiger partial charge is 0.336 e. The molecule has 0 spiro atoms. The van der Waals surface area contributed by atoms with Crippen LogP contribution in [0.3, 0.4) is 0 Å². The minimum Gasteiger partial charge on any atom is -0.336 e. The summed E-state index contributed by atoms with van der Waals surface area (Å²) in [5, 5.41) is 0. The van der Waals surface area contributed by atoms with Gasteiger partial charge in [0.2, 0.25) is 0 Å². The van der Waals surface area contributed by atoms with E-state index in [1.165, 1.54) is 22.5 Å². The summed E-state index contributed by atoms with van der Waals surface area (Å²) in [6.45, 7) is 15.8. The zero-order valence-electron chi connectivity index (χ0n) is 15.8. The lowest BCUT2D eigenvalue weighted by Crippen LogP contribution is -2.37. The third-order valence-electron chi connectivity index (χ3n) is 4.24. The molecule has 1 heteroatoms. The smallest absolute Gasteiger partial charge is 0.0418 e. The van der Waals surface area contributed by atoms with Crippen LogP contribution in [-0.4, -0.2) is 5.54 Å². The second-order valence-corrected chi connectivity index (χ2v) is 8.33. The normalized spacial score (nSPS) is 12.3. The number of hydrogen-bond acceptors (Lipinski definition) is 1. The Morgan fingerprint density at radius 2 is 1.39 bits per heavy atom.